The van der Waals surface area contributed by atoms with Crippen LogP contribution in [-0.2, 0) is 23.7 Å². The van der Waals surface area contributed by atoms with Crippen LogP contribution in [0.2, 0.25) is 0 Å². The van der Waals surface area contributed by atoms with Gasteiger partial charge in [-0.05, 0) is 128 Å². The standard InChI is InChI=1S/C37H61IN2O10/c1-12-28-37(8,46)31(42)24(6)40(11)19-20(2)18-36(7,45)32(22(4)29(41)23(5)33(43)48-28)50-35-30(27(39(9)10)17-21(3)47-35)49-34(44)25-13-15-26(38)16-14-25/h13-16,20-24,27-32,35,41-42,45-46H,12,17-19H2,1-11H3/t20-,21-,22+,23-,24-,27+,28-,29+,30-,31-,32-,35+,36+,37-/m1/s1. The van der Waals surface area contributed by atoms with Crippen molar-refractivity contribution in [2.45, 2.75) is 141 Å². The van der Waals surface area contributed by atoms with Gasteiger partial charge in [0, 0.05) is 22.1 Å². The number of cyclic esters (lactones) is 1. The molecule has 3 rings (SSSR count). The van der Waals surface area contributed by atoms with Gasteiger partial charge in [-0.25, -0.2) is 4.79 Å². The Morgan fingerprint density at radius 2 is 1.68 bits per heavy atom. The summed E-state index contributed by atoms with van der Waals surface area (Å²) in [5.74, 6) is -3.39. The number of ether oxygens (including phenoxy) is 4. The molecule has 0 radical (unpaired) electrons. The topological polar surface area (TPSA) is 158 Å². The molecule has 2 aliphatic heterocycles. The average molecular weight is 821 g/mol. The second kappa shape index (κ2) is 17.6. The van der Waals surface area contributed by atoms with E-state index in [1.807, 2.05) is 56.9 Å². The third kappa shape index (κ3) is 10.2. The fourth-order valence-corrected chi connectivity index (χ4v) is 7.99. The Morgan fingerprint density at radius 1 is 1.08 bits per heavy atom. The zero-order valence-electron chi connectivity index (χ0n) is 31.6. The minimum atomic E-state index is -1.78. The number of halogens is 1. The predicted octanol–water partition coefficient (Wildman–Crippen LogP) is 3.44. The average Bonchev–Trinajstić information content (AvgIpc) is 3.04. The summed E-state index contributed by atoms with van der Waals surface area (Å²) in [6.45, 7) is 14.2. The van der Waals surface area contributed by atoms with Gasteiger partial charge in [-0.15, -0.1) is 0 Å². The van der Waals surface area contributed by atoms with Gasteiger partial charge in [0.1, 0.15) is 17.8 Å². The minimum Gasteiger partial charge on any atom is -0.459 e. The Hall–Kier alpha value is -1.43. The molecule has 0 aromatic heterocycles. The van der Waals surface area contributed by atoms with E-state index in [0.717, 1.165) is 3.57 Å². The SMILES string of the molecule is CC[C@H]1OC(=O)[C@H](C)[C@@H](O)[C@H](C)[C@@H](O[C@@H]2O[C@H](C)C[C@H](N(C)C)[C@H]2OC(=O)c2ccc(I)cc2)[C@@](C)(O)C[C@@H](C)CN(C)[C@H](C)[C@@H](O)[C@]1(C)O. The van der Waals surface area contributed by atoms with Gasteiger partial charge < -0.3 is 49.2 Å². The van der Waals surface area contributed by atoms with Crippen molar-refractivity contribution in [2.24, 2.45) is 17.8 Å². The smallest absolute Gasteiger partial charge is 0.338 e. The van der Waals surface area contributed by atoms with Crippen LogP contribution in [0.4, 0.5) is 0 Å². The molecule has 4 N–H and O–H groups in total. The quantitative estimate of drug-likeness (QED) is 0.245. The summed E-state index contributed by atoms with van der Waals surface area (Å²) in [6, 6.07) is 6.20. The highest BCUT2D eigenvalue weighted by Crippen LogP contribution is 2.37. The van der Waals surface area contributed by atoms with E-state index >= 15 is 0 Å². The summed E-state index contributed by atoms with van der Waals surface area (Å²) in [5.41, 5.74) is -2.98. The van der Waals surface area contributed by atoms with Crippen LogP contribution in [-0.4, -0.2) is 136 Å². The molecular formula is C37H61IN2O10. The zero-order valence-corrected chi connectivity index (χ0v) is 33.7. The molecular weight excluding hydrogens is 759 g/mol. The van der Waals surface area contributed by atoms with E-state index in [1.54, 1.807) is 39.8 Å². The van der Waals surface area contributed by atoms with Crippen molar-refractivity contribution in [1.29, 1.82) is 0 Å². The molecule has 0 saturated carbocycles. The minimum absolute atomic E-state index is 0.150. The Balaban J connectivity index is 2.06. The van der Waals surface area contributed by atoms with E-state index in [9.17, 15) is 30.0 Å². The molecule has 2 fully saturated rings. The summed E-state index contributed by atoms with van der Waals surface area (Å²) in [6.07, 6.45) is -6.10. The predicted molar refractivity (Wildman–Crippen MR) is 197 cm³/mol. The van der Waals surface area contributed by atoms with E-state index < -0.39 is 77.8 Å². The van der Waals surface area contributed by atoms with E-state index in [1.165, 1.54) is 13.8 Å². The molecule has 0 unspecified atom stereocenters. The maximum atomic E-state index is 13.5. The summed E-state index contributed by atoms with van der Waals surface area (Å²) >= 11 is 2.17. The van der Waals surface area contributed by atoms with E-state index in [0.29, 0.717) is 18.5 Å². The maximum absolute atomic E-state index is 13.5. The van der Waals surface area contributed by atoms with Gasteiger partial charge in [0.2, 0.25) is 0 Å². The normalized spacial score (nSPS) is 41.6. The summed E-state index contributed by atoms with van der Waals surface area (Å²) in [7, 11) is 5.61. The lowest BCUT2D eigenvalue weighted by Gasteiger charge is -2.47. The first kappa shape index (κ1) is 43.0. The van der Waals surface area contributed by atoms with Crippen LogP contribution in [0.3, 0.4) is 0 Å². The highest BCUT2D eigenvalue weighted by molar-refractivity contribution is 14.1. The molecule has 50 heavy (non-hydrogen) atoms. The lowest BCUT2D eigenvalue weighted by molar-refractivity contribution is -0.298. The molecule has 2 saturated heterocycles. The number of carbonyl (C=O) groups excluding carboxylic acids is 2. The highest BCUT2D eigenvalue weighted by Gasteiger charge is 2.50. The summed E-state index contributed by atoms with van der Waals surface area (Å²) in [4.78, 5) is 30.9. The lowest BCUT2D eigenvalue weighted by atomic mass is 9.78. The summed E-state index contributed by atoms with van der Waals surface area (Å²) in [5, 5.41) is 46.8. The van der Waals surface area contributed by atoms with Crippen molar-refractivity contribution >= 4 is 34.5 Å². The third-order valence-corrected chi connectivity index (χ3v) is 11.5. The molecule has 0 amide bonds. The first-order chi connectivity index (χ1) is 23.1. The highest BCUT2D eigenvalue weighted by atomic mass is 127. The van der Waals surface area contributed by atoms with E-state index in [2.05, 4.69) is 22.6 Å². The second-order valence-corrected chi connectivity index (χ2v) is 16.8. The molecule has 0 bridgehead atoms. The van der Waals surface area contributed by atoms with E-state index in [4.69, 9.17) is 18.9 Å². The number of esters is 2. The Labute approximate surface area is 311 Å². The number of rotatable bonds is 6. The number of nitrogens with zero attached hydrogens (tertiary/aromatic N) is 2. The monoisotopic (exact) mass is 820 g/mol. The van der Waals surface area contributed by atoms with Gasteiger partial charge in [0.15, 0.2) is 12.4 Å². The van der Waals surface area contributed by atoms with Crippen LogP contribution in [0.1, 0.15) is 85.0 Å². The van der Waals surface area contributed by atoms with Crippen molar-refractivity contribution in [3.8, 4) is 0 Å². The van der Waals surface area contributed by atoms with Crippen LogP contribution in [0.25, 0.3) is 0 Å². The molecule has 13 heteroatoms. The lowest BCUT2D eigenvalue weighted by Crippen LogP contribution is -2.60. The Kier molecular flexibility index (Phi) is 15.1. The second-order valence-electron chi connectivity index (χ2n) is 15.5. The van der Waals surface area contributed by atoms with Crippen LogP contribution in [0.5, 0.6) is 0 Å². The Morgan fingerprint density at radius 3 is 2.24 bits per heavy atom. The van der Waals surface area contributed by atoms with Crippen LogP contribution in [0.15, 0.2) is 24.3 Å². The van der Waals surface area contributed by atoms with E-state index in [-0.39, 0.29) is 30.9 Å². The molecule has 12 nitrogen and oxygen atoms in total. The largest absolute Gasteiger partial charge is 0.459 e. The van der Waals surface area contributed by atoms with Crippen LogP contribution >= 0.6 is 22.6 Å². The van der Waals surface area contributed by atoms with Crippen molar-refractivity contribution in [2.75, 3.05) is 27.7 Å². The fraction of sp³-hybridized carbons (Fsp3) is 0.784. The molecule has 1 aromatic carbocycles. The van der Waals surface area contributed by atoms with Gasteiger partial charge in [0.25, 0.3) is 0 Å². The van der Waals surface area contributed by atoms with Crippen molar-refractivity contribution in [3.63, 3.8) is 0 Å². The van der Waals surface area contributed by atoms with Crippen LogP contribution in [0, 0.1) is 21.3 Å². The van der Waals surface area contributed by atoms with Crippen LogP contribution < -0.4 is 0 Å². The Bertz CT molecular complexity index is 1260. The molecule has 14 atom stereocenters. The van der Waals surface area contributed by atoms with Gasteiger partial charge in [0.05, 0.1) is 41.4 Å². The van der Waals surface area contributed by atoms with Crippen molar-refractivity contribution < 1.29 is 49.0 Å². The number of carbonyl (C=O) groups is 2. The van der Waals surface area contributed by atoms with Gasteiger partial charge in [-0.3, -0.25) is 4.79 Å². The first-order valence-electron chi connectivity index (χ1n) is 17.8. The summed E-state index contributed by atoms with van der Waals surface area (Å²) < 4.78 is 25.9. The molecule has 286 valence electrons. The zero-order chi connectivity index (χ0) is 37.9. The number of hydrogen-bond donors (Lipinski definition) is 4. The number of aliphatic hydroxyl groups excluding tert-OH is 2. The number of hydrogen-bond acceptors (Lipinski definition) is 12. The number of benzene rings is 1. The fourth-order valence-electron chi connectivity index (χ4n) is 7.63. The molecule has 2 heterocycles. The third-order valence-electron chi connectivity index (χ3n) is 10.8. The number of likely N-dealkylation sites (N-methyl/N-ethyl adjacent to an activating group) is 2. The molecule has 1 aromatic rings. The molecule has 0 spiro atoms. The first-order valence-corrected chi connectivity index (χ1v) is 18.9. The maximum Gasteiger partial charge on any atom is 0.338 e. The van der Waals surface area contributed by atoms with Crippen molar-refractivity contribution in [3.05, 3.63) is 33.4 Å². The number of aliphatic hydroxyl groups is 4. The molecule has 2 aliphatic rings. The van der Waals surface area contributed by atoms with Gasteiger partial charge in [-0.2, -0.15) is 0 Å². The van der Waals surface area contributed by atoms with Gasteiger partial charge >= 0.3 is 11.9 Å². The molecule has 0 aliphatic carbocycles. The van der Waals surface area contributed by atoms with Crippen molar-refractivity contribution in [1.82, 2.24) is 9.80 Å². The van der Waals surface area contributed by atoms with Gasteiger partial charge in [-0.1, -0.05) is 20.8 Å².